The van der Waals surface area contributed by atoms with Gasteiger partial charge in [0.15, 0.2) is 0 Å². The summed E-state index contributed by atoms with van der Waals surface area (Å²) in [6, 6.07) is 7.10. The molecule has 1 aromatic rings. The van der Waals surface area contributed by atoms with Crippen LogP contribution in [0.3, 0.4) is 0 Å². The number of nitrogens with two attached hydrogens (primary N) is 1. The van der Waals surface area contributed by atoms with Crippen LogP contribution >= 0.6 is 0 Å². The molecule has 0 aliphatic rings. The molecule has 0 saturated heterocycles. The van der Waals surface area contributed by atoms with Gasteiger partial charge in [-0.1, -0.05) is 19.1 Å². The summed E-state index contributed by atoms with van der Waals surface area (Å²) in [6.07, 6.45) is 1.41. The fourth-order valence-electron chi connectivity index (χ4n) is 1.40. The van der Waals surface area contributed by atoms with Crippen LogP contribution in [0.4, 0.5) is 5.69 Å². The molecule has 0 unspecified atom stereocenters. The van der Waals surface area contributed by atoms with E-state index in [0.29, 0.717) is 17.9 Å². The molecule has 2 amide bonds. The molecule has 1 aromatic carbocycles. The minimum atomic E-state index is -0.414. The minimum absolute atomic E-state index is 0.0524. The lowest BCUT2D eigenvalue weighted by Gasteiger charge is -2.11. The summed E-state index contributed by atoms with van der Waals surface area (Å²) in [5.41, 5.74) is 5.64. The molecule has 0 heterocycles. The topological polar surface area (TPSA) is 81.4 Å². The lowest BCUT2D eigenvalue weighted by molar-refractivity contribution is -0.118. The Labute approximate surface area is 106 Å². The second-order valence-corrected chi connectivity index (χ2v) is 3.86. The maximum absolute atomic E-state index is 11.5. The molecule has 0 fully saturated rings. The smallest absolute Gasteiger partial charge is 0.224 e. The third-order valence-corrected chi connectivity index (χ3v) is 2.24. The van der Waals surface area contributed by atoms with Crippen LogP contribution in [-0.2, 0) is 9.59 Å². The van der Waals surface area contributed by atoms with E-state index in [4.69, 9.17) is 10.5 Å². The highest BCUT2D eigenvalue weighted by Gasteiger charge is 2.07. The van der Waals surface area contributed by atoms with E-state index in [1.807, 2.05) is 13.0 Å². The van der Waals surface area contributed by atoms with Gasteiger partial charge in [-0.05, 0) is 18.6 Å². The van der Waals surface area contributed by atoms with Crippen molar-refractivity contribution in [2.75, 3.05) is 11.9 Å². The van der Waals surface area contributed by atoms with Crippen LogP contribution in [0.1, 0.15) is 26.2 Å². The number of para-hydroxylation sites is 2. The SMILES string of the molecule is CCCC(=O)Nc1ccccc1OCCC(N)=O. The van der Waals surface area contributed by atoms with Gasteiger partial charge in [0.2, 0.25) is 11.8 Å². The van der Waals surface area contributed by atoms with Gasteiger partial charge in [0.25, 0.3) is 0 Å². The Morgan fingerprint density at radius 1 is 1.28 bits per heavy atom. The lowest BCUT2D eigenvalue weighted by atomic mass is 10.2. The average molecular weight is 250 g/mol. The monoisotopic (exact) mass is 250 g/mol. The summed E-state index contributed by atoms with van der Waals surface area (Å²) in [5, 5.41) is 2.77. The van der Waals surface area contributed by atoms with Crippen LogP contribution in [0.5, 0.6) is 5.75 Å². The molecule has 0 atom stereocenters. The van der Waals surface area contributed by atoms with E-state index in [-0.39, 0.29) is 18.9 Å². The van der Waals surface area contributed by atoms with Gasteiger partial charge in [-0.3, -0.25) is 9.59 Å². The quantitative estimate of drug-likeness (QED) is 0.772. The zero-order chi connectivity index (χ0) is 13.4. The first-order valence-electron chi connectivity index (χ1n) is 5.93. The van der Waals surface area contributed by atoms with E-state index in [9.17, 15) is 9.59 Å². The zero-order valence-corrected chi connectivity index (χ0v) is 10.4. The summed E-state index contributed by atoms with van der Waals surface area (Å²) in [7, 11) is 0. The molecule has 3 N–H and O–H groups in total. The highest BCUT2D eigenvalue weighted by Crippen LogP contribution is 2.24. The first kappa shape index (κ1) is 14.0. The Balaban J connectivity index is 2.61. The minimum Gasteiger partial charge on any atom is -0.491 e. The summed E-state index contributed by atoms with van der Waals surface area (Å²) in [4.78, 5) is 22.1. The maximum Gasteiger partial charge on any atom is 0.224 e. The Morgan fingerprint density at radius 3 is 2.67 bits per heavy atom. The van der Waals surface area contributed by atoms with Crippen molar-refractivity contribution < 1.29 is 14.3 Å². The number of hydrogen-bond acceptors (Lipinski definition) is 3. The van der Waals surface area contributed by atoms with Crippen molar-refractivity contribution in [3.8, 4) is 5.75 Å². The second kappa shape index (κ2) is 7.32. The lowest BCUT2D eigenvalue weighted by Crippen LogP contribution is -2.16. The molecule has 0 aromatic heterocycles. The number of ether oxygens (including phenoxy) is 1. The predicted molar refractivity (Wildman–Crippen MR) is 69.3 cm³/mol. The van der Waals surface area contributed by atoms with E-state index < -0.39 is 5.91 Å². The van der Waals surface area contributed by atoms with E-state index in [0.717, 1.165) is 6.42 Å². The first-order chi connectivity index (χ1) is 8.63. The fourth-order valence-corrected chi connectivity index (χ4v) is 1.40. The van der Waals surface area contributed by atoms with Crippen molar-refractivity contribution in [3.05, 3.63) is 24.3 Å². The number of anilines is 1. The number of benzene rings is 1. The molecule has 0 aliphatic carbocycles. The average Bonchev–Trinajstić information content (AvgIpc) is 2.31. The molecule has 0 aliphatic heterocycles. The second-order valence-electron chi connectivity index (χ2n) is 3.86. The van der Waals surface area contributed by atoms with Gasteiger partial charge in [-0.25, -0.2) is 0 Å². The van der Waals surface area contributed by atoms with Crippen molar-refractivity contribution >= 4 is 17.5 Å². The molecule has 5 heteroatoms. The number of hydrogen-bond donors (Lipinski definition) is 2. The summed E-state index contributed by atoms with van der Waals surface area (Å²) in [6.45, 7) is 2.14. The summed E-state index contributed by atoms with van der Waals surface area (Å²) < 4.78 is 5.41. The Kier molecular flexibility index (Phi) is 5.70. The van der Waals surface area contributed by atoms with Gasteiger partial charge in [0.1, 0.15) is 5.75 Å². The zero-order valence-electron chi connectivity index (χ0n) is 10.4. The number of nitrogens with one attached hydrogen (secondary N) is 1. The normalized spacial score (nSPS) is 9.83. The first-order valence-corrected chi connectivity index (χ1v) is 5.93. The standard InChI is InChI=1S/C13H18N2O3/c1-2-5-13(17)15-10-6-3-4-7-11(10)18-9-8-12(14)16/h3-4,6-7H,2,5,8-9H2,1H3,(H2,14,16)(H,15,17). The number of primary amides is 1. The van der Waals surface area contributed by atoms with E-state index in [2.05, 4.69) is 5.32 Å². The van der Waals surface area contributed by atoms with Crippen molar-refractivity contribution in [1.82, 2.24) is 0 Å². The number of carbonyl (C=O) groups excluding carboxylic acids is 2. The van der Waals surface area contributed by atoms with E-state index in [1.54, 1.807) is 18.2 Å². The summed E-state index contributed by atoms with van der Waals surface area (Å²) in [5.74, 6) is 0.0779. The van der Waals surface area contributed by atoms with Gasteiger partial charge in [0.05, 0.1) is 18.7 Å². The van der Waals surface area contributed by atoms with Crippen LogP contribution in [0.25, 0.3) is 0 Å². The third kappa shape index (κ3) is 4.86. The van der Waals surface area contributed by atoms with Crippen LogP contribution in [0.2, 0.25) is 0 Å². The van der Waals surface area contributed by atoms with Crippen LogP contribution in [0, 0.1) is 0 Å². The van der Waals surface area contributed by atoms with Crippen LogP contribution < -0.4 is 15.8 Å². The van der Waals surface area contributed by atoms with Gasteiger partial charge in [-0.15, -0.1) is 0 Å². The van der Waals surface area contributed by atoms with E-state index in [1.165, 1.54) is 0 Å². The number of amides is 2. The van der Waals surface area contributed by atoms with Crippen molar-refractivity contribution in [2.24, 2.45) is 5.73 Å². The molecular formula is C13H18N2O3. The van der Waals surface area contributed by atoms with Gasteiger partial charge in [-0.2, -0.15) is 0 Å². The molecule has 5 nitrogen and oxygen atoms in total. The molecule has 18 heavy (non-hydrogen) atoms. The maximum atomic E-state index is 11.5. The molecule has 0 bridgehead atoms. The highest BCUT2D eigenvalue weighted by atomic mass is 16.5. The van der Waals surface area contributed by atoms with Crippen molar-refractivity contribution in [2.45, 2.75) is 26.2 Å². The number of rotatable bonds is 7. The Morgan fingerprint density at radius 2 is 2.00 bits per heavy atom. The largest absolute Gasteiger partial charge is 0.491 e. The van der Waals surface area contributed by atoms with Gasteiger partial charge < -0.3 is 15.8 Å². The molecule has 0 radical (unpaired) electrons. The number of carbonyl (C=O) groups is 2. The molecule has 0 saturated carbocycles. The highest BCUT2D eigenvalue weighted by molar-refractivity contribution is 5.92. The van der Waals surface area contributed by atoms with Gasteiger partial charge in [0, 0.05) is 6.42 Å². The Bertz CT molecular complexity index is 418. The molecule has 1 rings (SSSR count). The Hall–Kier alpha value is -2.04. The van der Waals surface area contributed by atoms with Crippen LogP contribution in [0.15, 0.2) is 24.3 Å². The van der Waals surface area contributed by atoms with Crippen LogP contribution in [-0.4, -0.2) is 18.4 Å². The summed E-state index contributed by atoms with van der Waals surface area (Å²) >= 11 is 0. The van der Waals surface area contributed by atoms with Crippen molar-refractivity contribution in [1.29, 1.82) is 0 Å². The molecule has 0 spiro atoms. The third-order valence-electron chi connectivity index (χ3n) is 2.24. The van der Waals surface area contributed by atoms with Gasteiger partial charge >= 0.3 is 0 Å². The predicted octanol–water partition coefficient (Wildman–Crippen LogP) is 1.68. The van der Waals surface area contributed by atoms with Crippen molar-refractivity contribution in [3.63, 3.8) is 0 Å². The van der Waals surface area contributed by atoms with E-state index >= 15 is 0 Å². The molecular weight excluding hydrogens is 232 g/mol. The fraction of sp³-hybridized carbons (Fsp3) is 0.385. The molecule has 98 valence electrons.